The summed E-state index contributed by atoms with van der Waals surface area (Å²) < 4.78 is 13.3. The number of carbonyl (C=O) groups excluding carboxylic acids is 3. The van der Waals surface area contributed by atoms with Gasteiger partial charge in [-0.3, -0.25) is 19.3 Å². The van der Waals surface area contributed by atoms with Crippen molar-refractivity contribution in [2.24, 2.45) is 0 Å². The van der Waals surface area contributed by atoms with Gasteiger partial charge in [0, 0.05) is 12.1 Å². The van der Waals surface area contributed by atoms with Crippen LogP contribution in [0.1, 0.15) is 21.5 Å². The topological polar surface area (TPSA) is 66.5 Å². The Labute approximate surface area is 165 Å². The second-order valence-corrected chi connectivity index (χ2v) is 7.01. The van der Waals surface area contributed by atoms with Crippen molar-refractivity contribution in [3.63, 3.8) is 0 Å². The lowest BCUT2D eigenvalue weighted by Crippen LogP contribution is -2.27. The van der Waals surface area contributed by atoms with Crippen molar-refractivity contribution in [2.75, 3.05) is 6.54 Å². The summed E-state index contributed by atoms with van der Waals surface area (Å²) in [5.41, 5.74) is 1.72. The first-order chi connectivity index (χ1) is 13.5. The van der Waals surface area contributed by atoms with E-state index in [0.717, 1.165) is 16.7 Å². The molecule has 0 aromatic heterocycles. The number of imide groups is 1. The summed E-state index contributed by atoms with van der Waals surface area (Å²) in [6.07, 6.45) is 3.19. The molecule has 1 aliphatic rings. The van der Waals surface area contributed by atoms with Crippen molar-refractivity contribution in [1.29, 1.82) is 0 Å². The molecule has 0 saturated carbocycles. The van der Waals surface area contributed by atoms with Gasteiger partial charge in [0.2, 0.25) is 0 Å². The third-order valence-corrected chi connectivity index (χ3v) is 4.89. The number of nitrogens with zero attached hydrogens (tertiary/aromatic N) is 1. The van der Waals surface area contributed by atoms with Crippen LogP contribution in [0.4, 0.5) is 9.18 Å². The summed E-state index contributed by atoms with van der Waals surface area (Å²) in [4.78, 5) is 38.0. The van der Waals surface area contributed by atoms with E-state index in [2.05, 4.69) is 11.9 Å². The van der Waals surface area contributed by atoms with E-state index >= 15 is 0 Å². The molecule has 0 radical (unpaired) electrons. The molecule has 1 aliphatic heterocycles. The van der Waals surface area contributed by atoms with Crippen LogP contribution in [0, 0.1) is 5.82 Å². The summed E-state index contributed by atoms with van der Waals surface area (Å²) in [5, 5.41) is 2.28. The molecule has 28 heavy (non-hydrogen) atoms. The first-order valence-corrected chi connectivity index (χ1v) is 9.28. The molecule has 1 fully saturated rings. The van der Waals surface area contributed by atoms with E-state index in [1.165, 1.54) is 18.2 Å². The summed E-state index contributed by atoms with van der Waals surface area (Å²) in [5.74, 6) is -1.06. The Morgan fingerprint density at radius 1 is 1.18 bits per heavy atom. The smallest absolute Gasteiger partial charge is 0.293 e. The molecule has 142 valence electrons. The number of nitrogens with one attached hydrogen (secondary N) is 1. The number of hydrogen-bond donors (Lipinski definition) is 1. The van der Waals surface area contributed by atoms with Crippen molar-refractivity contribution in [3.8, 4) is 0 Å². The SMILES string of the molecule is C=CCNC(=O)c1ccc(C=C2SC(=O)N(Cc3cccc(F)c3)C2=O)cc1. The molecule has 0 spiro atoms. The van der Waals surface area contributed by atoms with Gasteiger partial charge in [-0.15, -0.1) is 6.58 Å². The van der Waals surface area contributed by atoms with Crippen LogP contribution in [-0.4, -0.2) is 28.5 Å². The molecule has 1 heterocycles. The number of benzene rings is 2. The zero-order chi connectivity index (χ0) is 20.1. The third-order valence-electron chi connectivity index (χ3n) is 3.98. The van der Waals surface area contributed by atoms with Crippen molar-refractivity contribution in [2.45, 2.75) is 6.54 Å². The highest BCUT2D eigenvalue weighted by molar-refractivity contribution is 8.18. The fourth-order valence-electron chi connectivity index (χ4n) is 2.60. The van der Waals surface area contributed by atoms with E-state index in [-0.39, 0.29) is 17.4 Å². The van der Waals surface area contributed by atoms with Gasteiger partial charge in [0.05, 0.1) is 11.4 Å². The lowest BCUT2D eigenvalue weighted by Gasteiger charge is -2.12. The summed E-state index contributed by atoms with van der Waals surface area (Å²) >= 11 is 0.836. The maximum atomic E-state index is 13.3. The lowest BCUT2D eigenvalue weighted by molar-refractivity contribution is -0.123. The summed E-state index contributed by atoms with van der Waals surface area (Å²) in [6, 6.07) is 12.5. The average molecular weight is 396 g/mol. The molecule has 0 atom stereocenters. The number of thioether (sulfide) groups is 1. The minimum atomic E-state index is -0.424. The highest BCUT2D eigenvalue weighted by Gasteiger charge is 2.35. The number of amides is 3. The minimum absolute atomic E-state index is 0.0161. The first kappa shape index (κ1) is 19.6. The van der Waals surface area contributed by atoms with Crippen LogP contribution in [0.5, 0.6) is 0 Å². The van der Waals surface area contributed by atoms with Crippen LogP contribution >= 0.6 is 11.8 Å². The predicted octanol–water partition coefficient (Wildman–Crippen LogP) is 3.98. The highest BCUT2D eigenvalue weighted by atomic mass is 32.2. The van der Waals surface area contributed by atoms with E-state index in [4.69, 9.17) is 0 Å². The second kappa shape index (κ2) is 8.67. The summed E-state index contributed by atoms with van der Waals surface area (Å²) in [6.45, 7) is 3.93. The Balaban J connectivity index is 1.72. The fourth-order valence-corrected chi connectivity index (χ4v) is 3.44. The zero-order valence-corrected chi connectivity index (χ0v) is 15.7. The van der Waals surface area contributed by atoms with Crippen molar-refractivity contribution >= 4 is 34.9 Å². The maximum Gasteiger partial charge on any atom is 0.293 e. The number of rotatable bonds is 6. The lowest BCUT2D eigenvalue weighted by atomic mass is 10.1. The minimum Gasteiger partial charge on any atom is -0.349 e. The molecular weight excluding hydrogens is 379 g/mol. The molecule has 3 amide bonds. The van der Waals surface area contributed by atoms with Gasteiger partial charge in [0.25, 0.3) is 17.1 Å². The molecule has 1 saturated heterocycles. The molecule has 0 bridgehead atoms. The molecule has 0 aliphatic carbocycles. The van der Waals surface area contributed by atoms with Crippen LogP contribution in [0.3, 0.4) is 0 Å². The third kappa shape index (κ3) is 4.55. The van der Waals surface area contributed by atoms with Gasteiger partial charge in [0.15, 0.2) is 0 Å². The molecule has 1 N–H and O–H groups in total. The number of carbonyl (C=O) groups is 3. The standard InChI is InChI=1S/C21H17FN2O3S/c1-2-10-23-19(25)16-8-6-14(7-9-16)12-18-20(26)24(21(27)28-18)13-15-4-3-5-17(22)11-15/h2-9,11-12H,1,10,13H2,(H,23,25). The van der Waals surface area contributed by atoms with Gasteiger partial charge in [-0.25, -0.2) is 4.39 Å². The van der Waals surface area contributed by atoms with Gasteiger partial charge >= 0.3 is 0 Å². The van der Waals surface area contributed by atoms with E-state index in [9.17, 15) is 18.8 Å². The van der Waals surface area contributed by atoms with Gasteiger partial charge in [-0.1, -0.05) is 30.3 Å². The van der Waals surface area contributed by atoms with E-state index in [1.807, 2.05) is 0 Å². The Kier molecular flexibility index (Phi) is 6.06. The molecule has 7 heteroatoms. The predicted molar refractivity (Wildman–Crippen MR) is 107 cm³/mol. The highest BCUT2D eigenvalue weighted by Crippen LogP contribution is 2.33. The normalized spacial score (nSPS) is 15.2. The average Bonchev–Trinajstić information content (AvgIpc) is 2.94. The van der Waals surface area contributed by atoms with Crippen molar-refractivity contribution < 1.29 is 18.8 Å². The van der Waals surface area contributed by atoms with Crippen molar-refractivity contribution in [3.05, 3.63) is 88.6 Å². The van der Waals surface area contributed by atoms with Gasteiger partial charge < -0.3 is 5.32 Å². The second-order valence-electron chi connectivity index (χ2n) is 6.02. The quantitative estimate of drug-likeness (QED) is 0.593. The molecular formula is C21H17FN2O3S. The fraction of sp³-hybridized carbons (Fsp3) is 0.0952. The van der Waals surface area contributed by atoms with Crippen LogP contribution in [0.2, 0.25) is 0 Å². The molecule has 2 aromatic rings. The van der Waals surface area contributed by atoms with E-state index in [0.29, 0.717) is 23.2 Å². The zero-order valence-electron chi connectivity index (χ0n) is 14.9. The molecule has 0 unspecified atom stereocenters. The van der Waals surface area contributed by atoms with Crippen LogP contribution in [0.25, 0.3) is 6.08 Å². The van der Waals surface area contributed by atoms with E-state index < -0.39 is 17.0 Å². The number of halogens is 1. The Bertz CT molecular complexity index is 970. The van der Waals surface area contributed by atoms with Gasteiger partial charge in [-0.2, -0.15) is 0 Å². The van der Waals surface area contributed by atoms with E-state index in [1.54, 1.807) is 42.5 Å². The Hall–Kier alpha value is -3.19. The molecule has 3 rings (SSSR count). The summed E-state index contributed by atoms with van der Waals surface area (Å²) in [7, 11) is 0. The van der Waals surface area contributed by atoms with Crippen LogP contribution < -0.4 is 5.32 Å². The van der Waals surface area contributed by atoms with Gasteiger partial charge in [0.1, 0.15) is 5.82 Å². The molecule has 2 aromatic carbocycles. The maximum absolute atomic E-state index is 13.3. The monoisotopic (exact) mass is 396 g/mol. The van der Waals surface area contributed by atoms with Crippen LogP contribution in [-0.2, 0) is 11.3 Å². The number of hydrogen-bond acceptors (Lipinski definition) is 4. The molecule has 5 nitrogen and oxygen atoms in total. The van der Waals surface area contributed by atoms with Crippen molar-refractivity contribution in [1.82, 2.24) is 10.2 Å². The Morgan fingerprint density at radius 2 is 1.93 bits per heavy atom. The van der Waals surface area contributed by atoms with Gasteiger partial charge in [-0.05, 0) is 53.2 Å². The first-order valence-electron chi connectivity index (χ1n) is 8.47. The largest absolute Gasteiger partial charge is 0.349 e. The Morgan fingerprint density at radius 3 is 2.61 bits per heavy atom. The van der Waals surface area contributed by atoms with Crippen LogP contribution in [0.15, 0.2) is 66.1 Å².